The summed E-state index contributed by atoms with van der Waals surface area (Å²) < 4.78 is 13.7. The number of nitrogens with one attached hydrogen (secondary N) is 1. The predicted molar refractivity (Wildman–Crippen MR) is 78.4 cm³/mol. The van der Waals surface area contributed by atoms with Crippen molar-refractivity contribution in [3.8, 4) is 11.8 Å². The molecule has 0 spiro atoms. The lowest BCUT2D eigenvalue weighted by atomic mass is 10.1. The number of aromatic nitrogens is 1. The van der Waals surface area contributed by atoms with Gasteiger partial charge in [0.1, 0.15) is 17.4 Å². The van der Waals surface area contributed by atoms with Crippen LogP contribution < -0.4 is 5.32 Å². The highest BCUT2D eigenvalue weighted by Crippen LogP contribution is 2.13. The third-order valence-corrected chi connectivity index (χ3v) is 3.50. The molecule has 4 nitrogen and oxygen atoms in total. The summed E-state index contributed by atoms with van der Waals surface area (Å²) in [5.74, 6) is 3.96. The number of hydrogen-bond donors (Lipinski definition) is 2. The number of aliphatic hydroxyl groups is 1. The zero-order chi connectivity index (χ0) is 15.2. The minimum absolute atomic E-state index is 0.0759. The number of halogens is 1. The minimum Gasteiger partial charge on any atom is -0.384 e. The first-order valence-electron chi connectivity index (χ1n) is 6.19. The monoisotopic (exact) mass is 304 g/mol. The second-order valence-electron chi connectivity index (χ2n) is 4.20. The lowest BCUT2D eigenvalue weighted by Gasteiger charge is -2.05. The summed E-state index contributed by atoms with van der Waals surface area (Å²) in [4.78, 5) is 17.2. The van der Waals surface area contributed by atoms with Crippen molar-refractivity contribution in [3.63, 3.8) is 0 Å². The molecule has 0 unspecified atom stereocenters. The van der Waals surface area contributed by atoms with Gasteiger partial charge in [0, 0.05) is 16.6 Å². The summed E-state index contributed by atoms with van der Waals surface area (Å²) in [6.45, 7) is 1.89. The first-order chi connectivity index (χ1) is 10.1. The Balaban J connectivity index is 2.10. The number of hydrogen-bond acceptors (Lipinski definition) is 4. The van der Waals surface area contributed by atoms with E-state index in [1.807, 2.05) is 6.92 Å². The van der Waals surface area contributed by atoms with Gasteiger partial charge < -0.3 is 10.4 Å². The van der Waals surface area contributed by atoms with Crippen LogP contribution in [0, 0.1) is 24.6 Å². The van der Waals surface area contributed by atoms with E-state index < -0.39 is 11.7 Å². The summed E-state index contributed by atoms with van der Waals surface area (Å²) >= 11 is 1.47. The molecule has 0 fully saturated rings. The van der Waals surface area contributed by atoms with Crippen molar-refractivity contribution in [2.45, 2.75) is 13.5 Å². The average molecular weight is 304 g/mol. The molecule has 1 heterocycles. The fraction of sp³-hybridized carbons (Fsp3) is 0.200. The summed E-state index contributed by atoms with van der Waals surface area (Å²) in [7, 11) is 0. The number of thiazole rings is 1. The summed E-state index contributed by atoms with van der Waals surface area (Å²) in [6.07, 6.45) is 1.72. The highest BCUT2D eigenvalue weighted by molar-refractivity contribution is 7.11. The van der Waals surface area contributed by atoms with Crippen LogP contribution in [0.4, 0.5) is 4.39 Å². The van der Waals surface area contributed by atoms with E-state index in [1.165, 1.54) is 29.5 Å². The molecule has 0 radical (unpaired) electrons. The Morgan fingerprint density at radius 2 is 2.33 bits per heavy atom. The van der Waals surface area contributed by atoms with Gasteiger partial charge in [-0.05, 0) is 25.1 Å². The van der Waals surface area contributed by atoms with Crippen LogP contribution in [-0.2, 0) is 6.54 Å². The second-order valence-corrected chi connectivity index (χ2v) is 5.52. The van der Waals surface area contributed by atoms with Crippen molar-refractivity contribution in [1.82, 2.24) is 10.3 Å². The molecule has 0 saturated carbocycles. The molecular weight excluding hydrogens is 291 g/mol. The quantitative estimate of drug-likeness (QED) is 0.851. The van der Waals surface area contributed by atoms with Crippen molar-refractivity contribution in [3.05, 3.63) is 51.2 Å². The zero-order valence-electron chi connectivity index (χ0n) is 11.3. The van der Waals surface area contributed by atoms with E-state index in [9.17, 15) is 9.18 Å². The molecule has 6 heteroatoms. The number of carbonyl (C=O) groups excluding carboxylic acids is 1. The Morgan fingerprint density at radius 1 is 1.52 bits per heavy atom. The maximum Gasteiger partial charge on any atom is 0.254 e. The van der Waals surface area contributed by atoms with Crippen LogP contribution in [0.1, 0.15) is 25.8 Å². The lowest BCUT2D eigenvalue weighted by Crippen LogP contribution is -2.23. The van der Waals surface area contributed by atoms with Gasteiger partial charge in [-0.15, -0.1) is 11.3 Å². The van der Waals surface area contributed by atoms with Crippen LogP contribution >= 0.6 is 11.3 Å². The van der Waals surface area contributed by atoms with Gasteiger partial charge in [0.05, 0.1) is 12.1 Å². The molecule has 0 bridgehead atoms. The van der Waals surface area contributed by atoms with Gasteiger partial charge in [0.2, 0.25) is 0 Å². The van der Waals surface area contributed by atoms with E-state index in [2.05, 4.69) is 22.1 Å². The van der Waals surface area contributed by atoms with Crippen molar-refractivity contribution in [2.24, 2.45) is 0 Å². The molecule has 0 aliphatic heterocycles. The fourth-order valence-corrected chi connectivity index (χ4v) is 2.38. The van der Waals surface area contributed by atoms with Crippen LogP contribution in [-0.4, -0.2) is 22.6 Å². The zero-order valence-corrected chi connectivity index (χ0v) is 12.1. The number of nitrogens with zero attached hydrogens (tertiary/aromatic N) is 1. The maximum absolute atomic E-state index is 13.7. The largest absolute Gasteiger partial charge is 0.384 e. The molecule has 21 heavy (non-hydrogen) atoms. The van der Waals surface area contributed by atoms with E-state index in [0.29, 0.717) is 5.56 Å². The van der Waals surface area contributed by atoms with Crippen molar-refractivity contribution in [1.29, 1.82) is 0 Å². The van der Waals surface area contributed by atoms with E-state index in [4.69, 9.17) is 5.11 Å². The van der Waals surface area contributed by atoms with Crippen molar-refractivity contribution < 1.29 is 14.3 Å². The van der Waals surface area contributed by atoms with Crippen LogP contribution in [0.2, 0.25) is 0 Å². The highest BCUT2D eigenvalue weighted by Gasteiger charge is 2.12. The molecule has 2 rings (SSSR count). The third kappa shape index (κ3) is 4.12. The molecule has 1 aromatic carbocycles. The fourth-order valence-electron chi connectivity index (χ4n) is 1.65. The summed E-state index contributed by atoms with van der Waals surface area (Å²) in [5, 5.41) is 12.0. The molecule has 108 valence electrons. The lowest BCUT2D eigenvalue weighted by molar-refractivity contribution is 0.0947. The number of carbonyl (C=O) groups is 1. The Labute approximate surface area is 125 Å². The van der Waals surface area contributed by atoms with Gasteiger partial charge in [0.15, 0.2) is 0 Å². The molecule has 1 aromatic heterocycles. The standard InChI is InChI=1S/C15H13FN2O2S/c1-10-8-17-14(21-10)9-18-15(20)12-7-11(3-2-6-19)4-5-13(12)16/h4-5,7-8,19H,6,9H2,1H3,(H,18,20). The first-order valence-corrected chi connectivity index (χ1v) is 7.00. The van der Waals surface area contributed by atoms with Crippen molar-refractivity contribution >= 4 is 17.2 Å². The Kier molecular flexibility index (Phi) is 5.04. The van der Waals surface area contributed by atoms with Crippen LogP contribution in [0.15, 0.2) is 24.4 Å². The normalized spacial score (nSPS) is 9.86. The Morgan fingerprint density at radius 3 is 3.00 bits per heavy atom. The van der Waals surface area contributed by atoms with E-state index in [-0.39, 0.29) is 18.7 Å². The molecule has 0 saturated heterocycles. The van der Waals surface area contributed by atoms with Gasteiger partial charge in [-0.25, -0.2) is 9.37 Å². The molecule has 2 N–H and O–H groups in total. The van der Waals surface area contributed by atoms with Gasteiger partial charge in [-0.1, -0.05) is 11.8 Å². The predicted octanol–water partition coefficient (Wildman–Crippen LogP) is 1.86. The SMILES string of the molecule is Cc1cnc(CNC(=O)c2cc(C#CCO)ccc2F)s1. The van der Waals surface area contributed by atoms with Crippen LogP contribution in [0.3, 0.4) is 0 Å². The van der Waals surface area contributed by atoms with E-state index in [1.54, 1.807) is 6.20 Å². The molecule has 1 amide bonds. The van der Waals surface area contributed by atoms with Gasteiger partial charge >= 0.3 is 0 Å². The average Bonchev–Trinajstić information content (AvgIpc) is 2.89. The van der Waals surface area contributed by atoms with Crippen LogP contribution in [0.5, 0.6) is 0 Å². The number of aliphatic hydroxyl groups excluding tert-OH is 1. The van der Waals surface area contributed by atoms with Crippen LogP contribution in [0.25, 0.3) is 0 Å². The Bertz CT molecular complexity index is 716. The molecular formula is C15H13FN2O2S. The highest BCUT2D eigenvalue weighted by atomic mass is 32.1. The smallest absolute Gasteiger partial charge is 0.254 e. The number of aryl methyl sites for hydroxylation is 1. The molecule has 0 atom stereocenters. The van der Waals surface area contributed by atoms with E-state index in [0.717, 1.165) is 9.88 Å². The Hall–Kier alpha value is -2.23. The van der Waals surface area contributed by atoms with Gasteiger partial charge in [-0.3, -0.25) is 4.79 Å². The molecule has 0 aliphatic rings. The van der Waals surface area contributed by atoms with Gasteiger partial charge in [0.25, 0.3) is 5.91 Å². The van der Waals surface area contributed by atoms with E-state index >= 15 is 0 Å². The number of benzene rings is 1. The maximum atomic E-state index is 13.7. The van der Waals surface area contributed by atoms with Gasteiger partial charge in [-0.2, -0.15) is 0 Å². The third-order valence-electron chi connectivity index (χ3n) is 2.59. The summed E-state index contributed by atoms with van der Waals surface area (Å²) in [6, 6.07) is 4.00. The minimum atomic E-state index is -0.614. The summed E-state index contributed by atoms with van der Waals surface area (Å²) in [5.41, 5.74) is 0.397. The first kappa shape index (κ1) is 15.2. The number of rotatable bonds is 3. The second kappa shape index (κ2) is 6.97. The van der Waals surface area contributed by atoms with Crippen molar-refractivity contribution in [2.75, 3.05) is 6.61 Å². The number of amides is 1. The topological polar surface area (TPSA) is 62.2 Å². The molecule has 0 aliphatic carbocycles. The molecule has 2 aromatic rings.